The number of para-hydroxylation sites is 1. The molecule has 0 saturated carbocycles. The molecule has 2 atom stereocenters. The molecule has 0 unspecified atom stereocenters. The first kappa shape index (κ1) is 31.9. The summed E-state index contributed by atoms with van der Waals surface area (Å²) < 4.78 is 50.6. The van der Waals surface area contributed by atoms with Crippen molar-refractivity contribution in [2.45, 2.75) is 51.9 Å². The zero-order valence-electron chi connectivity index (χ0n) is 25.3. The van der Waals surface area contributed by atoms with E-state index in [0.717, 1.165) is 57.2 Å². The summed E-state index contributed by atoms with van der Waals surface area (Å²) >= 11 is 0. The Morgan fingerprint density at radius 1 is 1.02 bits per heavy atom. The number of rotatable bonds is 11. The van der Waals surface area contributed by atoms with Crippen molar-refractivity contribution >= 4 is 11.6 Å². The van der Waals surface area contributed by atoms with Crippen LogP contribution in [0, 0.1) is 11.8 Å². The maximum atomic E-state index is 13.3. The fraction of sp³-hybridized carbons (Fsp3) is 0.594. The zero-order valence-corrected chi connectivity index (χ0v) is 25.3. The van der Waals surface area contributed by atoms with Gasteiger partial charge in [0.1, 0.15) is 0 Å². The predicted octanol–water partition coefficient (Wildman–Crippen LogP) is 5.29. The normalized spacial score (nSPS) is 20.5. The van der Waals surface area contributed by atoms with Crippen molar-refractivity contribution in [1.29, 1.82) is 0 Å². The Morgan fingerprint density at radius 2 is 1.76 bits per heavy atom. The van der Waals surface area contributed by atoms with E-state index < -0.39 is 11.7 Å². The highest BCUT2D eigenvalue weighted by molar-refractivity contribution is 5.76. The Bertz CT molecular complexity index is 1170. The third kappa shape index (κ3) is 8.31. The number of alkyl halides is 3. The van der Waals surface area contributed by atoms with Gasteiger partial charge in [-0.25, -0.2) is 0 Å². The number of amides is 1. The number of carbonyl (C=O) groups excluding carboxylic acids is 1. The molecule has 2 aliphatic heterocycles. The summed E-state index contributed by atoms with van der Waals surface area (Å²) in [6, 6.07) is 11.6. The lowest BCUT2D eigenvalue weighted by Crippen LogP contribution is -2.57. The second kappa shape index (κ2) is 14.5. The topological polar surface area (TPSA) is 57.3 Å². The molecule has 2 fully saturated rings. The van der Waals surface area contributed by atoms with Gasteiger partial charge in [-0.2, -0.15) is 13.2 Å². The van der Waals surface area contributed by atoms with Gasteiger partial charge in [-0.3, -0.25) is 9.69 Å². The summed E-state index contributed by atoms with van der Waals surface area (Å²) in [6.45, 7) is 10.8. The molecule has 0 bridgehead atoms. The number of hydrogen-bond donors (Lipinski definition) is 1. The van der Waals surface area contributed by atoms with Crippen LogP contribution in [-0.2, 0) is 17.5 Å². The molecule has 0 aromatic heterocycles. The van der Waals surface area contributed by atoms with E-state index in [1.54, 1.807) is 20.3 Å². The van der Waals surface area contributed by atoms with Crippen LogP contribution < -0.4 is 19.7 Å². The van der Waals surface area contributed by atoms with Gasteiger partial charge in [0.05, 0.1) is 19.8 Å². The summed E-state index contributed by atoms with van der Waals surface area (Å²) in [6.07, 6.45) is -2.09. The number of piperidine rings is 1. The summed E-state index contributed by atoms with van der Waals surface area (Å²) in [5.74, 6) is 2.18. The first-order valence-corrected chi connectivity index (χ1v) is 14.9. The molecule has 1 N–H and O–H groups in total. The van der Waals surface area contributed by atoms with Gasteiger partial charge in [0.15, 0.2) is 11.5 Å². The van der Waals surface area contributed by atoms with E-state index in [-0.39, 0.29) is 5.91 Å². The maximum Gasteiger partial charge on any atom is 0.416 e. The summed E-state index contributed by atoms with van der Waals surface area (Å²) in [4.78, 5) is 20.0. The van der Waals surface area contributed by atoms with E-state index in [4.69, 9.17) is 9.47 Å². The van der Waals surface area contributed by atoms with Crippen molar-refractivity contribution in [3.63, 3.8) is 0 Å². The summed E-state index contributed by atoms with van der Waals surface area (Å²) in [5.41, 5.74) is 0.878. The lowest BCUT2D eigenvalue weighted by atomic mass is 9.86. The van der Waals surface area contributed by atoms with E-state index in [1.807, 2.05) is 18.2 Å². The predicted molar refractivity (Wildman–Crippen MR) is 159 cm³/mol. The molecule has 0 spiro atoms. The Labute approximate surface area is 247 Å². The van der Waals surface area contributed by atoms with Crippen molar-refractivity contribution in [2.75, 3.05) is 64.9 Å². The van der Waals surface area contributed by atoms with E-state index >= 15 is 0 Å². The van der Waals surface area contributed by atoms with Crippen molar-refractivity contribution in [3.8, 4) is 11.5 Å². The van der Waals surface area contributed by atoms with Crippen LogP contribution in [-0.4, -0.2) is 81.8 Å². The lowest BCUT2D eigenvalue weighted by molar-refractivity contribution is -0.137. The molecule has 2 aromatic rings. The van der Waals surface area contributed by atoms with Crippen molar-refractivity contribution < 1.29 is 27.4 Å². The number of hydrogen-bond acceptors (Lipinski definition) is 6. The van der Waals surface area contributed by atoms with Gasteiger partial charge in [0.25, 0.3) is 0 Å². The average Bonchev–Trinajstić information content (AvgIpc) is 2.98. The molecule has 2 aromatic carbocycles. The first-order valence-electron chi connectivity index (χ1n) is 14.9. The van der Waals surface area contributed by atoms with Gasteiger partial charge in [-0.05, 0) is 55.5 Å². The molecule has 7 nitrogen and oxygen atoms in total. The monoisotopic (exact) mass is 590 g/mol. The van der Waals surface area contributed by atoms with Gasteiger partial charge < -0.3 is 24.6 Å². The summed E-state index contributed by atoms with van der Waals surface area (Å²) in [5, 5.41) is 3.05. The fourth-order valence-electron chi connectivity index (χ4n) is 6.42. The summed E-state index contributed by atoms with van der Waals surface area (Å²) in [7, 11) is 3.18. The second-order valence-corrected chi connectivity index (χ2v) is 11.8. The number of nitrogens with zero attached hydrogens (tertiary/aromatic N) is 3. The van der Waals surface area contributed by atoms with Crippen molar-refractivity contribution in [1.82, 2.24) is 15.1 Å². The number of halogens is 3. The van der Waals surface area contributed by atoms with Crippen LogP contribution in [0.4, 0.5) is 18.9 Å². The van der Waals surface area contributed by atoms with Crippen molar-refractivity contribution in [2.24, 2.45) is 11.8 Å². The molecule has 2 heterocycles. The number of methoxy groups -OCH3 is 2. The average molecular weight is 591 g/mol. The largest absolute Gasteiger partial charge is 0.493 e. The van der Waals surface area contributed by atoms with Gasteiger partial charge >= 0.3 is 6.18 Å². The zero-order chi connectivity index (χ0) is 30.3. The van der Waals surface area contributed by atoms with Gasteiger partial charge in [-0.1, -0.05) is 32.0 Å². The molecule has 2 saturated heterocycles. The standard InChI is InChI=1S/C32H45F3N4O3/c1-23(2)21-37-14-13-28(39-17-15-38(16-18-39)27-9-6-8-26(19-27)32(33,34)35)25(22-37)11-12-30(40)36-20-24-7-5-10-29(41-3)31(24)42-4/h5-10,19,23,25,28H,11-18,20-22H2,1-4H3,(H,36,40)/t25-,28+/m1/s1. The van der Waals surface area contributed by atoms with E-state index in [2.05, 4.69) is 33.9 Å². The lowest BCUT2D eigenvalue weighted by Gasteiger charge is -2.47. The van der Waals surface area contributed by atoms with Crippen LogP contribution in [0.5, 0.6) is 11.5 Å². The van der Waals surface area contributed by atoms with Crippen LogP contribution >= 0.6 is 0 Å². The number of ether oxygens (including phenoxy) is 2. The molecule has 10 heteroatoms. The quantitative estimate of drug-likeness (QED) is 0.384. The van der Waals surface area contributed by atoms with Gasteiger partial charge in [0.2, 0.25) is 5.91 Å². The number of benzene rings is 2. The minimum absolute atomic E-state index is 0.00831. The van der Waals surface area contributed by atoms with Crippen LogP contribution in [0.15, 0.2) is 42.5 Å². The molecular weight excluding hydrogens is 545 g/mol. The molecule has 0 aliphatic carbocycles. The Balaban J connectivity index is 1.35. The second-order valence-electron chi connectivity index (χ2n) is 11.8. The van der Waals surface area contributed by atoms with Crippen LogP contribution in [0.2, 0.25) is 0 Å². The van der Waals surface area contributed by atoms with E-state index in [9.17, 15) is 18.0 Å². The Kier molecular flexibility index (Phi) is 11.0. The van der Waals surface area contributed by atoms with Gasteiger partial charge in [-0.15, -0.1) is 0 Å². The number of carbonyl (C=O) groups is 1. The fourth-order valence-corrected chi connectivity index (χ4v) is 6.42. The maximum absolute atomic E-state index is 13.3. The minimum atomic E-state index is -4.35. The highest BCUT2D eigenvalue weighted by Gasteiger charge is 2.36. The van der Waals surface area contributed by atoms with Crippen molar-refractivity contribution in [3.05, 3.63) is 53.6 Å². The van der Waals surface area contributed by atoms with E-state index in [1.165, 1.54) is 12.1 Å². The molecule has 4 rings (SSSR count). The third-order valence-corrected chi connectivity index (χ3v) is 8.43. The molecule has 0 radical (unpaired) electrons. The van der Waals surface area contributed by atoms with Gasteiger partial charge in [0, 0.05) is 69.5 Å². The highest BCUT2D eigenvalue weighted by Crippen LogP contribution is 2.33. The molecule has 232 valence electrons. The molecule has 42 heavy (non-hydrogen) atoms. The third-order valence-electron chi connectivity index (χ3n) is 8.43. The minimum Gasteiger partial charge on any atom is -0.493 e. The van der Waals surface area contributed by atoms with Crippen LogP contribution in [0.1, 0.15) is 44.2 Å². The molecule has 2 aliphatic rings. The number of nitrogens with one attached hydrogen (secondary N) is 1. The first-order chi connectivity index (χ1) is 20.1. The van der Waals surface area contributed by atoms with Crippen LogP contribution in [0.3, 0.4) is 0 Å². The Hall–Kier alpha value is -2.98. The number of likely N-dealkylation sites (tertiary alicyclic amines) is 1. The molecular formula is C32H45F3N4O3. The smallest absolute Gasteiger partial charge is 0.416 e. The number of anilines is 1. The van der Waals surface area contributed by atoms with E-state index in [0.29, 0.717) is 61.1 Å². The SMILES string of the molecule is COc1cccc(CNC(=O)CC[C@@H]2CN(CC(C)C)CC[C@@H]2N2CCN(c3cccc(C(F)(F)F)c3)CC2)c1OC. The highest BCUT2D eigenvalue weighted by atomic mass is 19.4. The number of piperazine rings is 1. The van der Waals surface area contributed by atoms with Crippen LogP contribution in [0.25, 0.3) is 0 Å². The molecule has 1 amide bonds. The Morgan fingerprint density at radius 3 is 2.43 bits per heavy atom.